The Morgan fingerprint density at radius 2 is 2.19 bits per heavy atom. The molecule has 1 unspecified atom stereocenters. The van der Waals surface area contributed by atoms with Gasteiger partial charge in [0, 0.05) is 20.1 Å². The molecule has 0 bridgehead atoms. The van der Waals surface area contributed by atoms with Gasteiger partial charge in [-0.15, -0.1) is 0 Å². The van der Waals surface area contributed by atoms with Crippen LogP contribution in [0.3, 0.4) is 0 Å². The highest BCUT2D eigenvalue weighted by Crippen LogP contribution is 2.28. The number of nitrogens with zero attached hydrogens (tertiary/aromatic N) is 1. The lowest BCUT2D eigenvalue weighted by molar-refractivity contribution is -0.135. The number of carbonyl (C=O) groups excluding carboxylic acids is 1. The van der Waals surface area contributed by atoms with Crippen LogP contribution in [-0.4, -0.2) is 42.2 Å². The smallest absolute Gasteiger partial charge is 0.226 e. The molecule has 0 aromatic rings. The van der Waals surface area contributed by atoms with E-state index in [0.29, 0.717) is 12.5 Å². The molecule has 0 radical (unpaired) electrons. The maximum absolute atomic E-state index is 12.0. The Morgan fingerprint density at radius 1 is 1.56 bits per heavy atom. The number of nitrogens with two attached hydrogens (primary N) is 1. The second-order valence-electron chi connectivity index (χ2n) is 4.93. The lowest BCUT2D eigenvalue weighted by Crippen LogP contribution is -2.43. The lowest BCUT2D eigenvalue weighted by atomic mass is 9.82. The van der Waals surface area contributed by atoms with E-state index in [9.17, 15) is 9.90 Å². The van der Waals surface area contributed by atoms with Gasteiger partial charge in [0.15, 0.2) is 0 Å². The number of amides is 1. The second-order valence-corrected chi connectivity index (χ2v) is 4.93. The first kappa shape index (κ1) is 13.5. The molecule has 0 aromatic heterocycles. The van der Waals surface area contributed by atoms with Gasteiger partial charge in [0.25, 0.3) is 0 Å². The van der Waals surface area contributed by atoms with E-state index in [-0.39, 0.29) is 17.9 Å². The third-order valence-electron chi connectivity index (χ3n) is 3.39. The Labute approximate surface area is 97.8 Å². The van der Waals surface area contributed by atoms with Crippen LogP contribution in [0.25, 0.3) is 0 Å². The summed E-state index contributed by atoms with van der Waals surface area (Å²) in [6.07, 6.45) is 3.38. The van der Waals surface area contributed by atoms with E-state index in [0.717, 1.165) is 32.2 Å². The van der Waals surface area contributed by atoms with Crippen LogP contribution in [0.2, 0.25) is 0 Å². The first-order valence-corrected chi connectivity index (χ1v) is 6.21. The summed E-state index contributed by atoms with van der Waals surface area (Å²) in [5.41, 5.74) is 5.61. The van der Waals surface area contributed by atoms with Gasteiger partial charge in [0.1, 0.15) is 0 Å². The van der Waals surface area contributed by atoms with Gasteiger partial charge in [-0.3, -0.25) is 4.79 Å². The van der Waals surface area contributed by atoms with Crippen LogP contribution in [0, 0.1) is 11.8 Å². The Balaban J connectivity index is 2.33. The quantitative estimate of drug-likeness (QED) is 0.699. The number of aliphatic hydroxyl groups is 1. The highest BCUT2D eigenvalue weighted by Gasteiger charge is 2.30. The summed E-state index contributed by atoms with van der Waals surface area (Å²) in [6, 6.07) is 0. The fraction of sp³-hybridized carbons (Fsp3) is 0.917. The summed E-state index contributed by atoms with van der Waals surface area (Å²) < 4.78 is 0. The van der Waals surface area contributed by atoms with E-state index in [4.69, 9.17) is 5.73 Å². The molecule has 1 aliphatic rings. The SMILES string of the molecule is CCCC(CN)C(=O)N(C)CC1CC(O)C1. The molecule has 0 saturated heterocycles. The molecule has 1 rings (SSSR count). The highest BCUT2D eigenvalue weighted by molar-refractivity contribution is 5.78. The van der Waals surface area contributed by atoms with E-state index in [1.807, 2.05) is 7.05 Å². The summed E-state index contributed by atoms with van der Waals surface area (Å²) in [6.45, 7) is 3.26. The topological polar surface area (TPSA) is 66.6 Å². The van der Waals surface area contributed by atoms with Crippen molar-refractivity contribution < 1.29 is 9.90 Å². The molecule has 16 heavy (non-hydrogen) atoms. The van der Waals surface area contributed by atoms with Crippen molar-refractivity contribution in [1.29, 1.82) is 0 Å². The maximum Gasteiger partial charge on any atom is 0.226 e. The molecule has 4 nitrogen and oxygen atoms in total. The zero-order chi connectivity index (χ0) is 12.1. The van der Waals surface area contributed by atoms with Crippen LogP contribution >= 0.6 is 0 Å². The number of rotatable bonds is 6. The summed E-state index contributed by atoms with van der Waals surface area (Å²) in [7, 11) is 1.84. The van der Waals surface area contributed by atoms with Crippen molar-refractivity contribution >= 4 is 5.91 Å². The molecule has 4 heteroatoms. The zero-order valence-corrected chi connectivity index (χ0v) is 10.4. The van der Waals surface area contributed by atoms with Gasteiger partial charge in [-0.25, -0.2) is 0 Å². The predicted molar refractivity (Wildman–Crippen MR) is 63.8 cm³/mol. The van der Waals surface area contributed by atoms with Gasteiger partial charge in [0.05, 0.1) is 12.0 Å². The molecule has 1 atom stereocenters. The van der Waals surface area contributed by atoms with E-state index in [2.05, 4.69) is 6.92 Å². The normalized spacial score (nSPS) is 26.0. The van der Waals surface area contributed by atoms with Crippen molar-refractivity contribution in [2.45, 2.75) is 38.7 Å². The van der Waals surface area contributed by atoms with E-state index in [1.165, 1.54) is 0 Å². The molecular formula is C12H24N2O2. The number of hydrogen-bond donors (Lipinski definition) is 2. The van der Waals surface area contributed by atoms with Crippen molar-refractivity contribution in [3.8, 4) is 0 Å². The first-order valence-electron chi connectivity index (χ1n) is 6.21. The average molecular weight is 228 g/mol. The molecular weight excluding hydrogens is 204 g/mol. The van der Waals surface area contributed by atoms with Crippen molar-refractivity contribution in [2.75, 3.05) is 20.1 Å². The Kier molecular flexibility index (Phi) is 5.22. The van der Waals surface area contributed by atoms with E-state index < -0.39 is 0 Å². The summed E-state index contributed by atoms with van der Waals surface area (Å²) >= 11 is 0. The van der Waals surface area contributed by atoms with Crippen LogP contribution in [0.4, 0.5) is 0 Å². The van der Waals surface area contributed by atoms with Crippen LogP contribution < -0.4 is 5.73 Å². The van der Waals surface area contributed by atoms with Crippen LogP contribution in [0.5, 0.6) is 0 Å². The molecule has 1 saturated carbocycles. The van der Waals surface area contributed by atoms with Gasteiger partial charge in [-0.1, -0.05) is 13.3 Å². The average Bonchev–Trinajstić information content (AvgIpc) is 2.22. The molecule has 0 heterocycles. The van der Waals surface area contributed by atoms with Crippen LogP contribution in [0.1, 0.15) is 32.6 Å². The fourth-order valence-electron chi connectivity index (χ4n) is 2.33. The Morgan fingerprint density at radius 3 is 2.62 bits per heavy atom. The first-order chi connectivity index (χ1) is 7.58. The van der Waals surface area contributed by atoms with Crippen molar-refractivity contribution in [2.24, 2.45) is 17.6 Å². The van der Waals surface area contributed by atoms with Gasteiger partial charge < -0.3 is 15.7 Å². The molecule has 1 amide bonds. The van der Waals surface area contributed by atoms with Gasteiger partial charge in [-0.05, 0) is 25.2 Å². The van der Waals surface area contributed by atoms with Crippen molar-refractivity contribution in [3.63, 3.8) is 0 Å². The number of aliphatic hydroxyl groups excluding tert-OH is 1. The Hall–Kier alpha value is -0.610. The minimum atomic E-state index is -0.144. The lowest BCUT2D eigenvalue weighted by Gasteiger charge is -2.35. The summed E-state index contributed by atoms with van der Waals surface area (Å²) in [5.74, 6) is 0.606. The molecule has 1 aliphatic carbocycles. The van der Waals surface area contributed by atoms with Crippen LogP contribution in [0.15, 0.2) is 0 Å². The number of hydrogen-bond acceptors (Lipinski definition) is 3. The number of carbonyl (C=O) groups is 1. The predicted octanol–water partition coefficient (Wildman–Crippen LogP) is 0.591. The minimum Gasteiger partial charge on any atom is -0.393 e. The molecule has 0 aliphatic heterocycles. The molecule has 0 spiro atoms. The van der Waals surface area contributed by atoms with Gasteiger partial charge in [-0.2, -0.15) is 0 Å². The van der Waals surface area contributed by atoms with E-state index in [1.54, 1.807) is 4.90 Å². The largest absolute Gasteiger partial charge is 0.393 e. The molecule has 3 N–H and O–H groups in total. The monoisotopic (exact) mass is 228 g/mol. The second kappa shape index (κ2) is 6.21. The van der Waals surface area contributed by atoms with Gasteiger partial charge in [0.2, 0.25) is 5.91 Å². The molecule has 0 aromatic carbocycles. The maximum atomic E-state index is 12.0. The Bertz CT molecular complexity index is 227. The molecule has 1 fully saturated rings. The van der Waals surface area contributed by atoms with Crippen LogP contribution in [-0.2, 0) is 4.79 Å². The van der Waals surface area contributed by atoms with Crippen molar-refractivity contribution in [1.82, 2.24) is 4.90 Å². The summed E-state index contributed by atoms with van der Waals surface area (Å²) in [5, 5.41) is 9.19. The molecule has 94 valence electrons. The third kappa shape index (κ3) is 3.46. The zero-order valence-electron chi connectivity index (χ0n) is 10.4. The fourth-order valence-corrected chi connectivity index (χ4v) is 2.33. The summed E-state index contributed by atoms with van der Waals surface area (Å²) in [4.78, 5) is 13.8. The van der Waals surface area contributed by atoms with Crippen molar-refractivity contribution in [3.05, 3.63) is 0 Å². The minimum absolute atomic E-state index is 0.0278. The standard InChI is InChI=1S/C12H24N2O2/c1-3-4-10(7-13)12(16)14(2)8-9-5-11(15)6-9/h9-11,15H,3-8,13H2,1-2H3. The highest BCUT2D eigenvalue weighted by atomic mass is 16.3. The third-order valence-corrected chi connectivity index (χ3v) is 3.39. The van der Waals surface area contributed by atoms with Gasteiger partial charge >= 0.3 is 0 Å². The van der Waals surface area contributed by atoms with E-state index >= 15 is 0 Å².